The number of nitrogens with one attached hydrogen (secondary N) is 1. The number of benzene rings is 1. The summed E-state index contributed by atoms with van der Waals surface area (Å²) < 4.78 is 5.06. The first-order chi connectivity index (χ1) is 9.61. The standard InChI is InChI=1S/C13H11BrN2O4/c14-20-10-3-1-2-7-8(10)6-16(13(7)19)9-4-5-11(17)15-12(9)18/h1-3,9H,4-6H2,(H,15,17,18). The zero-order valence-corrected chi connectivity index (χ0v) is 12.0. The second-order valence-corrected chi connectivity index (χ2v) is 5.08. The van der Waals surface area contributed by atoms with Crippen molar-refractivity contribution in [2.24, 2.45) is 0 Å². The van der Waals surface area contributed by atoms with Crippen molar-refractivity contribution >= 4 is 34.0 Å². The average Bonchev–Trinajstić information content (AvgIpc) is 2.76. The minimum absolute atomic E-state index is 0.208. The molecular weight excluding hydrogens is 328 g/mol. The number of fused-ring (bicyclic) bond motifs is 1. The van der Waals surface area contributed by atoms with Gasteiger partial charge in [-0.15, -0.1) is 0 Å². The highest BCUT2D eigenvalue weighted by molar-refractivity contribution is 9.06. The molecule has 6 nitrogen and oxygen atoms in total. The van der Waals surface area contributed by atoms with Crippen molar-refractivity contribution in [3.63, 3.8) is 0 Å². The van der Waals surface area contributed by atoms with Crippen LogP contribution in [0.5, 0.6) is 5.75 Å². The Morgan fingerprint density at radius 3 is 2.80 bits per heavy atom. The molecule has 0 aromatic heterocycles. The number of piperidine rings is 1. The van der Waals surface area contributed by atoms with E-state index in [9.17, 15) is 14.4 Å². The van der Waals surface area contributed by atoms with Crippen LogP contribution in [0.2, 0.25) is 0 Å². The van der Waals surface area contributed by atoms with E-state index in [1.54, 1.807) is 18.2 Å². The molecule has 1 aromatic carbocycles. The van der Waals surface area contributed by atoms with Crippen molar-refractivity contribution in [3.8, 4) is 5.75 Å². The van der Waals surface area contributed by atoms with Gasteiger partial charge in [0, 0.05) is 17.5 Å². The van der Waals surface area contributed by atoms with Crippen LogP contribution in [0, 0.1) is 0 Å². The molecule has 2 heterocycles. The van der Waals surface area contributed by atoms with Crippen LogP contribution >= 0.6 is 16.3 Å². The smallest absolute Gasteiger partial charge is 0.255 e. The highest BCUT2D eigenvalue weighted by Crippen LogP contribution is 2.34. The summed E-state index contributed by atoms with van der Waals surface area (Å²) >= 11 is 2.91. The van der Waals surface area contributed by atoms with Crippen molar-refractivity contribution in [2.45, 2.75) is 25.4 Å². The predicted molar refractivity (Wildman–Crippen MR) is 72.0 cm³/mol. The second kappa shape index (κ2) is 4.90. The maximum Gasteiger partial charge on any atom is 0.255 e. The third-order valence-electron chi connectivity index (χ3n) is 3.62. The van der Waals surface area contributed by atoms with Gasteiger partial charge in [-0.3, -0.25) is 19.7 Å². The molecule has 1 fully saturated rings. The number of hydrogen-bond donors (Lipinski definition) is 1. The lowest BCUT2D eigenvalue weighted by molar-refractivity contribution is -0.136. The maximum atomic E-state index is 12.4. The Bertz CT molecular complexity index is 616. The van der Waals surface area contributed by atoms with Gasteiger partial charge >= 0.3 is 0 Å². The van der Waals surface area contributed by atoms with E-state index >= 15 is 0 Å². The topological polar surface area (TPSA) is 75.7 Å². The van der Waals surface area contributed by atoms with Gasteiger partial charge in [-0.2, -0.15) is 0 Å². The molecule has 1 N–H and O–H groups in total. The summed E-state index contributed by atoms with van der Waals surface area (Å²) in [7, 11) is 0. The van der Waals surface area contributed by atoms with Gasteiger partial charge in [-0.05, 0) is 18.6 Å². The molecule has 0 bridgehead atoms. The lowest BCUT2D eigenvalue weighted by Crippen LogP contribution is -2.52. The number of nitrogens with zero attached hydrogens (tertiary/aromatic N) is 1. The summed E-state index contributed by atoms with van der Waals surface area (Å²) in [6, 6.07) is 4.57. The molecule has 1 atom stereocenters. The van der Waals surface area contributed by atoms with Crippen molar-refractivity contribution in [1.82, 2.24) is 10.2 Å². The van der Waals surface area contributed by atoms with Crippen molar-refractivity contribution in [3.05, 3.63) is 29.3 Å². The van der Waals surface area contributed by atoms with E-state index < -0.39 is 11.9 Å². The predicted octanol–water partition coefficient (Wildman–Crippen LogP) is 1.14. The lowest BCUT2D eigenvalue weighted by atomic mass is 10.0. The first-order valence-electron chi connectivity index (χ1n) is 6.17. The van der Waals surface area contributed by atoms with Gasteiger partial charge in [-0.25, -0.2) is 0 Å². The lowest BCUT2D eigenvalue weighted by Gasteiger charge is -2.29. The van der Waals surface area contributed by atoms with Gasteiger partial charge in [0.25, 0.3) is 5.91 Å². The molecule has 0 aliphatic carbocycles. The highest BCUT2D eigenvalue weighted by Gasteiger charge is 2.40. The van der Waals surface area contributed by atoms with Gasteiger partial charge in [-0.1, -0.05) is 6.07 Å². The van der Waals surface area contributed by atoms with Crippen molar-refractivity contribution in [2.75, 3.05) is 0 Å². The maximum absolute atomic E-state index is 12.4. The Morgan fingerprint density at radius 2 is 2.10 bits per heavy atom. The summed E-state index contributed by atoms with van der Waals surface area (Å²) in [6.07, 6.45) is 0.604. The van der Waals surface area contributed by atoms with Crippen LogP contribution in [0.3, 0.4) is 0 Å². The number of imide groups is 1. The fourth-order valence-corrected chi connectivity index (χ4v) is 2.93. The normalized spacial score (nSPS) is 21.8. The molecule has 1 unspecified atom stereocenters. The summed E-state index contributed by atoms with van der Waals surface area (Å²) in [5, 5.41) is 2.27. The van der Waals surface area contributed by atoms with Crippen LogP contribution in [-0.2, 0) is 16.1 Å². The van der Waals surface area contributed by atoms with Gasteiger partial charge in [0.1, 0.15) is 11.8 Å². The van der Waals surface area contributed by atoms with E-state index in [2.05, 4.69) is 21.6 Å². The summed E-state index contributed by atoms with van der Waals surface area (Å²) in [4.78, 5) is 36.9. The molecule has 0 saturated carbocycles. The molecule has 3 rings (SSSR count). The number of amides is 3. The summed E-state index contributed by atoms with van der Waals surface area (Å²) in [5.41, 5.74) is 1.28. The molecular formula is C13H11BrN2O4. The largest absolute Gasteiger partial charge is 0.418 e. The Hall–Kier alpha value is -1.89. The molecule has 1 saturated heterocycles. The Balaban J connectivity index is 1.90. The van der Waals surface area contributed by atoms with E-state index in [1.807, 2.05) is 0 Å². The second-order valence-electron chi connectivity index (χ2n) is 4.76. The average molecular weight is 339 g/mol. The van der Waals surface area contributed by atoms with Gasteiger partial charge < -0.3 is 8.73 Å². The van der Waals surface area contributed by atoms with E-state index in [4.69, 9.17) is 3.83 Å². The Labute approximate surface area is 123 Å². The monoisotopic (exact) mass is 338 g/mol. The molecule has 20 heavy (non-hydrogen) atoms. The molecule has 0 spiro atoms. The minimum atomic E-state index is -0.601. The van der Waals surface area contributed by atoms with E-state index in [1.165, 1.54) is 4.90 Å². The summed E-state index contributed by atoms with van der Waals surface area (Å²) in [6.45, 7) is 0.308. The Kier molecular flexibility index (Phi) is 3.21. The van der Waals surface area contributed by atoms with Crippen molar-refractivity contribution in [1.29, 1.82) is 0 Å². The van der Waals surface area contributed by atoms with Crippen LogP contribution in [0.1, 0.15) is 28.8 Å². The van der Waals surface area contributed by atoms with Crippen LogP contribution in [0.25, 0.3) is 0 Å². The van der Waals surface area contributed by atoms with Gasteiger partial charge in [0.05, 0.1) is 6.54 Å². The fourth-order valence-electron chi connectivity index (χ4n) is 2.63. The number of carbonyl (C=O) groups excluding carboxylic acids is 3. The highest BCUT2D eigenvalue weighted by atomic mass is 79.9. The quantitative estimate of drug-likeness (QED) is 0.820. The molecule has 7 heteroatoms. The first kappa shape index (κ1) is 13.1. The third kappa shape index (κ3) is 1.98. The number of rotatable bonds is 2. The molecule has 0 radical (unpaired) electrons. The molecule has 2 aliphatic heterocycles. The summed E-state index contributed by atoms with van der Waals surface area (Å²) in [5.74, 6) is -0.352. The third-order valence-corrected chi connectivity index (χ3v) is 3.97. The van der Waals surface area contributed by atoms with Gasteiger partial charge in [0.2, 0.25) is 11.8 Å². The first-order valence-corrected chi connectivity index (χ1v) is 6.81. The zero-order chi connectivity index (χ0) is 14.3. The van der Waals surface area contributed by atoms with E-state index in [-0.39, 0.29) is 18.2 Å². The SMILES string of the molecule is O=C1CCC(N2Cc3c(OBr)cccc3C2=O)C(=O)N1. The van der Waals surface area contributed by atoms with Crippen LogP contribution in [0.15, 0.2) is 18.2 Å². The molecule has 2 aliphatic rings. The minimum Gasteiger partial charge on any atom is -0.418 e. The molecule has 1 aromatic rings. The van der Waals surface area contributed by atoms with Crippen LogP contribution in [0.4, 0.5) is 0 Å². The van der Waals surface area contributed by atoms with E-state index in [0.717, 1.165) is 5.56 Å². The number of carbonyl (C=O) groups is 3. The van der Waals surface area contributed by atoms with E-state index in [0.29, 0.717) is 24.3 Å². The molecule has 104 valence electrons. The van der Waals surface area contributed by atoms with Crippen LogP contribution in [-0.4, -0.2) is 28.7 Å². The molecule has 3 amide bonds. The zero-order valence-electron chi connectivity index (χ0n) is 10.4. The van der Waals surface area contributed by atoms with Crippen molar-refractivity contribution < 1.29 is 18.2 Å². The number of halogens is 1. The van der Waals surface area contributed by atoms with Crippen LogP contribution < -0.4 is 9.15 Å². The van der Waals surface area contributed by atoms with Gasteiger partial charge in [0.15, 0.2) is 16.3 Å². The fraction of sp³-hybridized carbons (Fsp3) is 0.308. The number of hydrogen-bond acceptors (Lipinski definition) is 4. The Morgan fingerprint density at radius 1 is 1.30 bits per heavy atom.